The number of hydrogen-bond donors (Lipinski definition) is 1. The van der Waals surface area contributed by atoms with Gasteiger partial charge in [0.25, 0.3) is 0 Å². The van der Waals surface area contributed by atoms with Crippen molar-refractivity contribution in [2.45, 2.75) is 70.2 Å². The van der Waals surface area contributed by atoms with Gasteiger partial charge >= 0.3 is 0 Å². The number of pyridine rings is 1. The molecule has 0 aromatic carbocycles. The molecule has 9 heteroatoms. The van der Waals surface area contributed by atoms with Crippen molar-refractivity contribution in [1.29, 1.82) is 0 Å². The van der Waals surface area contributed by atoms with Gasteiger partial charge in [-0.25, -0.2) is 13.1 Å². The number of sulfonamides is 1. The van der Waals surface area contributed by atoms with Crippen LogP contribution in [-0.2, 0) is 25.8 Å². The van der Waals surface area contributed by atoms with E-state index in [9.17, 15) is 13.2 Å². The van der Waals surface area contributed by atoms with Gasteiger partial charge in [-0.2, -0.15) is 9.40 Å². The summed E-state index contributed by atoms with van der Waals surface area (Å²) >= 11 is 0. The highest BCUT2D eigenvalue weighted by Gasteiger charge is 2.33. The van der Waals surface area contributed by atoms with Crippen molar-refractivity contribution < 1.29 is 13.2 Å². The fourth-order valence-corrected chi connectivity index (χ4v) is 5.02. The van der Waals surface area contributed by atoms with Crippen molar-refractivity contribution in [3.63, 3.8) is 0 Å². The predicted molar refractivity (Wildman–Crippen MR) is 120 cm³/mol. The summed E-state index contributed by atoms with van der Waals surface area (Å²) in [7, 11) is -3.58. The summed E-state index contributed by atoms with van der Waals surface area (Å²) in [6.07, 6.45) is 3.85. The average Bonchev–Trinajstić information content (AvgIpc) is 3.13. The molecule has 0 unspecified atom stereocenters. The lowest BCUT2D eigenvalue weighted by atomic mass is 9.92. The molecule has 3 heterocycles. The van der Waals surface area contributed by atoms with Crippen LogP contribution >= 0.6 is 0 Å². The number of hydrogen-bond acceptors (Lipinski definition) is 5. The molecule has 1 fully saturated rings. The van der Waals surface area contributed by atoms with E-state index in [0.717, 1.165) is 5.69 Å². The molecule has 31 heavy (non-hydrogen) atoms. The minimum absolute atomic E-state index is 0.0933. The van der Waals surface area contributed by atoms with Crippen LogP contribution in [-0.4, -0.2) is 46.5 Å². The second-order valence-corrected chi connectivity index (χ2v) is 12.0. The van der Waals surface area contributed by atoms with Gasteiger partial charge in [-0.05, 0) is 45.7 Å². The summed E-state index contributed by atoms with van der Waals surface area (Å²) in [5.41, 5.74) is 0.491. The lowest BCUT2D eigenvalue weighted by molar-refractivity contribution is -0.121. The number of aromatic nitrogens is 3. The number of carbonyl (C=O) groups is 1. The molecule has 1 aliphatic heterocycles. The lowest BCUT2D eigenvalue weighted by Gasteiger charge is -2.30. The molecule has 0 atom stereocenters. The second-order valence-electron chi connectivity index (χ2n) is 10.1. The highest BCUT2D eigenvalue weighted by atomic mass is 32.2. The number of piperidine rings is 1. The number of rotatable bonds is 4. The molecule has 3 rings (SSSR count). The Morgan fingerprint density at radius 3 is 2.29 bits per heavy atom. The molecule has 0 aliphatic carbocycles. The zero-order valence-electron chi connectivity index (χ0n) is 19.2. The Hall–Kier alpha value is -2.26. The van der Waals surface area contributed by atoms with Crippen LogP contribution < -0.4 is 5.32 Å². The van der Waals surface area contributed by atoms with E-state index in [4.69, 9.17) is 5.10 Å². The van der Waals surface area contributed by atoms with Crippen LogP contribution in [0.3, 0.4) is 0 Å². The highest BCUT2D eigenvalue weighted by Crippen LogP contribution is 2.30. The second kappa shape index (κ2) is 8.35. The van der Waals surface area contributed by atoms with Crippen molar-refractivity contribution in [1.82, 2.24) is 19.1 Å². The van der Waals surface area contributed by atoms with E-state index in [0.29, 0.717) is 31.7 Å². The third kappa shape index (κ3) is 5.15. The predicted octanol–water partition coefficient (Wildman–Crippen LogP) is 3.37. The lowest BCUT2D eigenvalue weighted by Crippen LogP contribution is -2.41. The smallest absolute Gasteiger partial charge is 0.244 e. The summed E-state index contributed by atoms with van der Waals surface area (Å²) in [6.45, 7) is 13.0. The highest BCUT2D eigenvalue weighted by molar-refractivity contribution is 7.89. The van der Waals surface area contributed by atoms with Gasteiger partial charge in [0.05, 0.1) is 11.2 Å². The Morgan fingerprint density at radius 1 is 1.13 bits per heavy atom. The molecule has 170 valence electrons. The minimum Gasteiger partial charge on any atom is -0.311 e. The molecule has 0 spiro atoms. The number of carbonyl (C=O) groups excluding carboxylic acids is 1. The third-order valence-electron chi connectivity index (χ3n) is 5.46. The molecule has 0 bridgehead atoms. The van der Waals surface area contributed by atoms with Crippen LogP contribution in [0.4, 0.5) is 5.82 Å². The first-order valence-corrected chi connectivity index (χ1v) is 12.1. The minimum atomic E-state index is -3.58. The van der Waals surface area contributed by atoms with Crippen LogP contribution in [0.1, 0.15) is 60.1 Å². The Bertz CT molecular complexity index is 1030. The number of nitrogens with zero attached hydrogens (tertiary/aromatic N) is 4. The number of amides is 1. The van der Waals surface area contributed by atoms with Crippen molar-refractivity contribution in [2.24, 2.45) is 5.92 Å². The molecular formula is C22H33N5O3S. The molecule has 0 saturated carbocycles. The van der Waals surface area contributed by atoms with Gasteiger partial charge in [-0.1, -0.05) is 20.8 Å². The zero-order valence-corrected chi connectivity index (χ0v) is 20.0. The Labute approximate surface area is 185 Å². The molecule has 1 amide bonds. The van der Waals surface area contributed by atoms with E-state index < -0.39 is 10.0 Å². The van der Waals surface area contributed by atoms with Gasteiger partial charge in [-0.15, -0.1) is 0 Å². The molecule has 0 radical (unpaired) electrons. The molecule has 2 aromatic heterocycles. The molecule has 1 saturated heterocycles. The topological polar surface area (TPSA) is 97.2 Å². The number of nitrogens with one attached hydrogen (secondary N) is 1. The van der Waals surface area contributed by atoms with Crippen LogP contribution in [0.5, 0.6) is 0 Å². The first kappa shape index (κ1) is 23.4. The van der Waals surface area contributed by atoms with Crippen LogP contribution in [0.25, 0.3) is 0 Å². The van der Waals surface area contributed by atoms with Crippen molar-refractivity contribution in [3.05, 3.63) is 36.3 Å². The molecule has 8 nitrogen and oxygen atoms in total. The Morgan fingerprint density at radius 2 is 1.77 bits per heavy atom. The van der Waals surface area contributed by atoms with E-state index in [2.05, 4.69) is 31.1 Å². The summed E-state index contributed by atoms with van der Waals surface area (Å²) in [5, 5.41) is 7.79. The maximum Gasteiger partial charge on any atom is 0.244 e. The van der Waals surface area contributed by atoms with Crippen LogP contribution in [0, 0.1) is 5.92 Å². The zero-order chi connectivity index (χ0) is 23.0. The Kier molecular flexibility index (Phi) is 6.30. The van der Waals surface area contributed by atoms with Gasteiger partial charge in [0.1, 0.15) is 10.7 Å². The fourth-order valence-electron chi connectivity index (χ4n) is 3.58. The summed E-state index contributed by atoms with van der Waals surface area (Å²) in [5.74, 6) is 0.332. The quantitative estimate of drug-likeness (QED) is 0.775. The average molecular weight is 448 g/mol. The molecule has 1 aliphatic rings. The monoisotopic (exact) mass is 447 g/mol. The van der Waals surface area contributed by atoms with E-state index in [1.165, 1.54) is 10.5 Å². The maximum absolute atomic E-state index is 13.0. The van der Waals surface area contributed by atoms with E-state index in [1.807, 2.05) is 31.5 Å². The van der Waals surface area contributed by atoms with Gasteiger partial charge in [-0.3, -0.25) is 9.78 Å². The standard InChI is InChI=1S/C22H33N5O3S/c1-21(2,3)18-14-19(27(25-18)22(4,5)6)24-20(28)16-9-12-26(13-10-16)31(29,30)17-8-7-11-23-15-17/h7-8,11,14-16H,9-10,12-13H2,1-6H3,(H,24,28). The first-order valence-electron chi connectivity index (χ1n) is 10.6. The summed E-state index contributed by atoms with van der Waals surface area (Å²) < 4.78 is 28.9. The summed E-state index contributed by atoms with van der Waals surface area (Å²) in [6, 6.07) is 5.09. The number of anilines is 1. The molecule has 2 aromatic rings. The van der Waals surface area contributed by atoms with Crippen molar-refractivity contribution in [3.8, 4) is 0 Å². The van der Waals surface area contributed by atoms with Gasteiger partial charge in [0, 0.05) is 42.9 Å². The molecular weight excluding hydrogens is 414 g/mol. The Balaban J connectivity index is 1.70. The largest absolute Gasteiger partial charge is 0.311 e. The van der Waals surface area contributed by atoms with Crippen molar-refractivity contribution >= 4 is 21.7 Å². The van der Waals surface area contributed by atoms with E-state index in [-0.39, 0.29) is 27.7 Å². The first-order chi connectivity index (χ1) is 14.3. The fraction of sp³-hybridized carbons (Fsp3) is 0.591. The molecule has 1 N–H and O–H groups in total. The van der Waals surface area contributed by atoms with Gasteiger partial charge in [0.2, 0.25) is 15.9 Å². The summed E-state index contributed by atoms with van der Waals surface area (Å²) in [4.78, 5) is 17.1. The van der Waals surface area contributed by atoms with E-state index in [1.54, 1.807) is 18.3 Å². The van der Waals surface area contributed by atoms with Crippen molar-refractivity contribution in [2.75, 3.05) is 18.4 Å². The van der Waals surface area contributed by atoms with Gasteiger partial charge < -0.3 is 5.32 Å². The maximum atomic E-state index is 13.0. The van der Waals surface area contributed by atoms with Gasteiger partial charge in [0.15, 0.2) is 0 Å². The normalized spacial score (nSPS) is 17.0. The SMILES string of the molecule is CC(C)(C)c1cc(NC(=O)C2CCN(S(=O)(=O)c3cccnc3)CC2)n(C(C)(C)C)n1. The third-order valence-corrected chi connectivity index (χ3v) is 7.34. The van der Waals surface area contributed by atoms with Crippen LogP contribution in [0.15, 0.2) is 35.5 Å². The van der Waals surface area contributed by atoms with Crippen LogP contribution in [0.2, 0.25) is 0 Å². The van der Waals surface area contributed by atoms with E-state index >= 15 is 0 Å².